The molecule has 7 heteroatoms. The van der Waals surface area contributed by atoms with Crippen LogP contribution in [0.4, 0.5) is 0 Å². The van der Waals surface area contributed by atoms with Gasteiger partial charge in [0.25, 0.3) is 0 Å². The number of piperazine rings is 1. The average molecular weight is 434 g/mol. The fraction of sp³-hybridized carbons (Fsp3) is 0.583. The van der Waals surface area contributed by atoms with Crippen molar-refractivity contribution in [2.45, 2.75) is 31.1 Å². The summed E-state index contributed by atoms with van der Waals surface area (Å²) in [4.78, 5) is 4.56. The second-order valence-electron chi connectivity index (χ2n) is 8.36. The van der Waals surface area contributed by atoms with Crippen molar-refractivity contribution in [3.05, 3.63) is 49.1 Å². The molecule has 1 saturated heterocycles. The molecule has 1 heterocycles. The topological polar surface area (TPSA) is 77.4 Å². The third-order valence-corrected chi connectivity index (χ3v) is 5.59. The van der Waals surface area contributed by atoms with Crippen molar-refractivity contribution in [2.24, 2.45) is 0 Å². The predicted molar refractivity (Wildman–Crippen MR) is 125 cm³/mol. The Morgan fingerprint density at radius 3 is 2.48 bits per heavy atom. The highest BCUT2D eigenvalue weighted by atomic mass is 16.5. The molecule has 1 atom stereocenters. The first-order chi connectivity index (χ1) is 14.9. The number of β-amino-alcohol motifs (C(OH)–C–C–N with tert-alkyl or cyclic N) is 1. The molecule has 2 rings (SSSR count). The second kappa shape index (κ2) is 12.8. The quantitative estimate of drug-likeness (QED) is 0.385. The molecule has 1 aromatic rings. The monoisotopic (exact) mass is 433 g/mol. The number of nitrogens with zero attached hydrogens (tertiary/aromatic N) is 2. The van der Waals surface area contributed by atoms with Crippen LogP contribution in [-0.4, -0.2) is 91.8 Å². The molecule has 174 valence electrons. The Morgan fingerprint density at radius 2 is 1.87 bits per heavy atom. The van der Waals surface area contributed by atoms with Crippen molar-refractivity contribution in [1.29, 1.82) is 0 Å². The normalized spacial score (nSPS) is 16.6. The van der Waals surface area contributed by atoms with Crippen LogP contribution in [0.2, 0.25) is 0 Å². The second-order valence-corrected chi connectivity index (χ2v) is 8.36. The maximum Gasteiger partial charge on any atom is 0.127 e. The number of hydrogen-bond donors (Lipinski definition) is 3. The number of methoxy groups -OCH3 is 1. The van der Waals surface area contributed by atoms with Crippen LogP contribution in [0.5, 0.6) is 11.5 Å². The third-order valence-electron chi connectivity index (χ3n) is 5.59. The van der Waals surface area contributed by atoms with Gasteiger partial charge in [-0.3, -0.25) is 4.90 Å². The summed E-state index contributed by atoms with van der Waals surface area (Å²) in [5.41, 5.74) is 0.0301. The Hall–Kier alpha value is -1.90. The summed E-state index contributed by atoms with van der Waals surface area (Å²) in [6, 6.07) is 5.65. The molecular formula is C24H39N3O4. The molecule has 3 N–H and O–H groups in total. The molecule has 1 aromatic carbocycles. The summed E-state index contributed by atoms with van der Waals surface area (Å²) in [5.74, 6) is 1.36. The lowest BCUT2D eigenvalue weighted by atomic mass is 9.95. The summed E-state index contributed by atoms with van der Waals surface area (Å²) in [7, 11) is 3.73. The van der Waals surface area contributed by atoms with Crippen molar-refractivity contribution in [1.82, 2.24) is 15.1 Å². The first-order valence-electron chi connectivity index (χ1n) is 10.9. The van der Waals surface area contributed by atoms with E-state index in [1.54, 1.807) is 19.3 Å². The number of ether oxygens (including phenoxy) is 2. The Kier molecular flexibility index (Phi) is 10.5. The van der Waals surface area contributed by atoms with Crippen LogP contribution < -0.4 is 14.8 Å². The molecule has 1 aliphatic rings. The third kappa shape index (κ3) is 8.63. The highest BCUT2D eigenvalue weighted by molar-refractivity contribution is 5.40. The van der Waals surface area contributed by atoms with Gasteiger partial charge in [0.1, 0.15) is 24.2 Å². The predicted octanol–water partition coefficient (Wildman–Crippen LogP) is 1.66. The van der Waals surface area contributed by atoms with E-state index in [4.69, 9.17) is 9.47 Å². The average Bonchev–Trinajstić information content (AvgIpc) is 2.75. The van der Waals surface area contributed by atoms with Gasteiger partial charge in [0.2, 0.25) is 0 Å². The highest BCUT2D eigenvalue weighted by Gasteiger charge is 2.23. The lowest BCUT2D eigenvalue weighted by Gasteiger charge is -2.33. The van der Waals surface area contributed by atoms with Crippen LogP contribution in [0.25, 0.3) is 0 Å². The van der Waals surface area contributed by atoms with Crippen LogP contribution in [0.1, 0.15) is 18.4 Å². The van der Waals surface area contributed by atoms with E-state index >= 15 is 0 Å². The van der Waals surface area contributed by atoms with E-state index < -0.39 is 11.7 Å². The summed E-state index contributed by atoms with van der Waals surface area (Å²) in [6.45, 7) is 13.1. The Morgan fingerprint density at radius 1 is 1.19 bits per heavy atom. The van der Waals surface area contributed by atoms with Crippen molar-refractivity contribution < 1.29 is 19.7 Å². The van der Waals surface area contributed by atoms with Gasteiger partial charge in [0.05, 0.1) is 12.7 Å². The van der Waals surface area contributed by atoms with Gasteiger partial charge in [-0.1, -0.05) is 18.2 Å². The Labute approximate surface area is 187 Å². The number of aliphatic hydroxyl groups is 2. The van der Waals surface area contributed by atoms with Gasteiger partial charge >= 0.3 is 0 Å². The van der Waals surface area contributed by atoms with E-state index in [-0.39, 0.29) is 6.61 Å². The van der Waals surface area contributed by atoms with Gasteiger partial charge in [0.15, 0.2) is 0 Å². The molecule has 0 radical (unpaired) electrons. The molecule has 0 aromatic heterocycles. The number of rotatable bonds is 14. The number of hydrogen-bond acceptors (Lipinski definition) is 7. The van der Waals surface area contributed by atoms with E-state index in [2.05, 4.69) is 35.3 Å². The van der Waals surface area contributed by atoms with Crippen molar-refractivity contribution in [3.63, 3.8) is 0 Å². The van der Waals surface area contributed by atoms with Crippen LogP contribution in [0, 0.1) is 0 Å². The standard InChI is InChI=1S/C24H39N3O4/c1-5-9-24(29,10-6-2)19-25-16-20-7-8-22(30-4)15-23(20)31-18-21(28)17-27-13-11-26(3)12-14-27/h5-8,15,21,25,28-29H,1-2,9-14,16-19H2,3-4H3. The van der Waals surface area contributed by atoms with Crippen LogP contribution >= 0.6 is 0 Å². The van der Waals surface area contributed by atoms with E-state index in [0.717, 1.165) is 31.7 Å². The largest absolute Gasteiger partial charge is 0.497 e. The first-order valence-corrected chi connectivity index (χ1v) is 10.9. The number of nitrogens with one attached hydrogen (secondary N) is 1. The zero-order valence-corrected chi connectivity index (χ0v) is 19.1. The van der Waals surface area contributed by atoms with Gasteiger partial charge in [-0.05, 0) is 26.0 Å². The zero-order chi connectivity index (χ0) is 22.7. The number of benzene rings is 1. The van der Waals surface area contributed by atoms with Gasteiger partial charge < -0.3 is 29.9 Å². The smallest absolute Gasteiger partial charge is 0.127 e. The molecule has 7 nitrogen and oxygen atoms in total. The van der Waals surface area contributed by atoms with Crippen LogP contribution in [-0.2, 0) is 6.54 Å². The fourth-order valence-electron chi connectivity index (χ4n) is 3.70. The van der Waals surface area contributed by atoms with Gasteiger partial charge in [0, 0.05) is 57.4 Å². The minimum absolute atomic E-state index is 0.212. The van der Waals surface area contributed by atoms with Crippen LogP contribution in [0.15, 0.2) is 43.5 Å². The number of likely N-dealkylation sites (N-methyl/N-ethyl adjacent to an activating group) is 1. The molecule has 31 heavy (non-hydrogen) atoms. The maximum atomic E-state index is 10.7. The maximum absolute atomic E-state index is 10.7. The molecule has 1 fully saturated rings. The van der Waals surface area contributed by atoms with Crippen molar-refractivity contribution in [3.8, 4) is 11.5 Å². The summed E-state index contributed by atoms with van der Waals surface area (Å²) in [5, 5.41) is 24.5. The molecule has 0 aliphatic carbocycles. The SMILES string of the molecule is C=CCC(O)(CC=C)CNCc1ccc(OC)cc1OCC(O)CN1CCN(C)CC1. The lowest BCUT2D eigenvalue weighted by molar-refractivity contribution is 0.0455. The molecule has 0 bridgehead atoms. The van der Waals surface area contributed by atoms with Gasteiger partial charge in [-0.2, -0.15) is 0 Å². The molecule has 0 saturated carbocycles. The zero-order valence-electron chi connectivity index (χ0n) is 19.1. The highest BCUT2D eigenvalue weighted by Crippen LogP contribution is 2.25. The molecule has 1 aliphatic heterocycles. The fourth-order valence-corrected chi connectivity index (χ4v) is 3.70. The van der Waals surface area contributed by atoms with Crippen molar-refractivity contribution in [2.75, 3.05) is 60.0 Å². The number of aliphatic hydroxyl groups excluding tert-OH is 1. The van der Waals surface area contributed by atoms with E-state index in [1.165, 1.54) is 0 Å². The van der Waals surface area contributed by atoms with Crippen LogP contribution in [0.3, 0.4) is 0 Å². The minimum atomic E-state index is -0.907. The summed E-state index contributed by atoms with van der Waals surface area (Å²) in [6.07, 6.45) is 3.83. The molecular weight excluding hydrogens is 394 g/mol. The Bertz CT molecular complexity index is 679. The van der Waals surface area contributed by atoms with Gasteiger partial charge in [-0.25, -0.2) is 0 Å². The van der Waals surface area contributed by atoms with Crippen molar-refractivity contribution >= 4 is 0 Å². The van der Waals surface area contributed by atoms with Gasteiger partial charge in [-0.15, -0.1) is 13.2 Å². The summed E-state index contributed by atoms with van der Waals surface area (Å²) < 4.78 is 11.3. The first kappa shape index (κ1) is 25.4. The molecule has 0 spiro atoms. The molecule has 0 amide bonds. The summed E-state index contributed by atoms with van der Waals surface area (Å²) >= 11 is 0. The molecule has 1 unspecified atom stereocenters. The van der Waals surface area contributed by atoms with E-state index in [0.29, 0.717) is 44.0 Å². The van der Waals surface area contributed by atoms with E-state index in [9.17, 15) is 10.2 Å². The van der Waals surface area contributed by atoms with E-state index in [1.807, 2.05) is 18.2 Å². The Balaban J connectivity index is 1.92. The lowest BCUT2D eigenvalue weighted by Crippen LogP contribution is -2.47. The minimum Gasteiger partial charge on any atom is -0.497 e.